The van der Waals surface area contributed by atoms with Crippen molar-refractivity contribution < 1.29 is 14.2 Å². The molecule has 1 aromatic rings. The SMILES string of the molecule is COC12OC1(Cl)OC(CCc1ccccc1)=C2[Si](C)(C)C. The van der Waals surface area contributed by atoms with Gasteiger partial charge in [-0.15, -0.1) is 0 Å². The van der Waals surface area contributed by atoms with Gasteiger partial charge in [-0.2, -0.15) is 0 Å². The summed E-state index contributed by atoms with van der Waals surface area (Å²) in [5.74, 6) is 0.103. The molecule has 0 bridgehead atoms. The number of halogens is 1. The Morgan fingerprint density at radius 2 is 1.81 bits per heavy atom. The van der Waals surface area contributed by atoms with E-state index < -0.39 is 19.1 Å². The van der Waals surface area contributed by atoms with Crippen molar-refractivity contribution in [3.05, 3.63) is 46.9 Å². The van der Waals surface area contributed by atoms with Crippen LogP contribution in [0.2, 0.25) is 19.6 Å². The van der Waals surface area contributed by atoms with E-state index in [-0.39, 0.29) is 0 Å². The molecule has 2 unspecified atom stereocenters. The lowest BCUT2D eigenvalue weighted by atomic mass is 10.1. The van der Waals surface area contributed by atoms with Crippen LogP contribution < -0.4 is 0 Å². The third-order valence-corrected chi connectivity index (χ3v) is 6.52. The highest BCUT2D eigenvalue weighted by Crippen LogP contribution is 2.65. The summed E-state index contributed by atoms with van der Waals surface area (Å²) in [6.45, 7) is 6.79. The third-order valence-electron chi connectivity index (χ3n) is 4.01. The summed E-state index contributed by atoms with van der Waals surface area (Å²) in [5.41, 5.74) is 1.29. The molecule has 2 atom stereocenters. The molecule has 0 amide bonds. The summed E-state index contributed by atoms with van der Waals surface area (Å²) in [5, 5.41) is 0.0204. The summed E-state index contributed by atoms with van der Waals surface area (Å²) in [6, 6.07) is 10.4. The molecule has 2 aliphatic rings. The second-order valence-corrected chi connectivity index (χ2v) is 12.1. The van der Waals surface area contributed by atoms with Crippen molar-refractivity contribution in [1.29, 1.82) is 0 Å². The average Bonchev–Trinajstić information content (AvgIpc) is 2.92. The Balaban J connectivity index is 1.87. The first-order valence-corrected chi connectivity index (χ1v) is 11.1. The van der Waals surface area contributed by atoms with Gasteiger partial charge in [0.1, 0.15) is 5.76 Å². The zero-order chi connectivity index (χ0) is 15.3. The van der Waals surface area contributed by atoms with Crippen LogP contribution in [0, 0.1) is 0 Å². The lowest BCUT2D eigenvalue weighted by Gasteiger charge is -2.24. The number of aryl methyl sites for hydroxylation is 1. The lowest BCUT2D eigenvalue weighted by Crippen LogP contribution is -2.36. The molecule has 3 nitrogen and oxygen atoms in total. The van der Waals surface area contributed by atoms with Gasteiger partial charge < -0.3 is 9.47 Å². The maximum atomic E-state index is 6.39. The number of alkyl halides is 1. The molecule has 2 aliphatic heterocycles. The number of fused-ring (bicyclic) bond motifs is 1. The van der Waals surface area contributed by atoms with Gasteiger partial charge in [-0.1, -0.05) is 50.0 Å². The van der Waals surface area contributed by atoms with Gasteiger partial charge in [-0.3, -0.25) is 4.74 Å². The molecule has 2 heterocycles. The summed E-state index contributed by atoms with van der Waals surface area (Å²) in [7, 11) is -0.0343. The second-order valence-electron chi connectivity index (χ2n) is 6.59. The maximum Gasteiger partial charge on any atom is 0.354 e. The van der Waals surface area contributed by atoms with Gasteiger partial charge in [0, 0.05) is 18.7 Å². The molecule has 0 spiro atoms. The van der Waals surface area contributed by atoms with E-state index in [2.05, 4.69) is 43.9 Å². The van der Waals surface area contributed by atoms with E-state index in [1.807, 2.05) is 6.07 Å². The van der Waals surface area contributed by atoms with Crippen LogP contribution in [0.15, 0.2) is 41.3 Å². The number of epoxide rings is 1. The molecule has 1 aromatic carbocycles. The molecular formula is C16H21ClO3Si. The van der Waals surface area contributed by atoms with Crippen LogP contribution in [0.1, 0.15) is 12.0 Å². The predicted molar refractivity (Wildman–Crippen MR) is 85.6 cm³/mol. The van der Waals surface area contributed by atoms with Gasteiger partial charge in [-0.05, 0) is 23.6 Å². The molecule has 0 N–H and O–H groups in total. The fourth-order valence-electron chi connectivity index (χ4n) is 3.10. The summed E-state index contributed by atoms with van der Waals surface area (Å²) in [4.78, 5) is 0. The maximum absolute atomic E-state index is 6.39. The van der Waals surface area contributed by atoms with E-state index in [0.29, 0.717) is 0 Å². The fraction of sp³-hybridized carbons (Fsp3) is 0.500. The summed E-state index contributed by atoms with van der Waals surface area (Å²) < 4.78 is 17.1. The minimum Gasteiger partial charge on any atom is -0.449 e. The first kappa shape index (κ1) is 15.1. The molecule has 0 aliphatic carbocycles. The Hall–Kier alpha value is -0.813. The number of benzene rings is 1. The number of rotatable bonds is 5. The van der Waals surface area contributed by atoms with E-state index in [1.54, 1.807) is 7.11 Å². The molecule has 0 saturated carbocycles. The lowest BCUT2D eigenvalue weighted by molar-refractivity contribution is 0.0214. The molecule has 1 saturated heterocycles. The van der Waals surface area contributed by atoms with E-state index in [4.69, 9.17) is 25.8 Å². The molecule has 3 rings (SSSR count). The van der Waals surface area contributed by atoms with Crippen molar-refractivity contribution in [2.24, 2.45) is 0 Å². The molecule has 5 heteroatoms. The minimum absolute atomic E-state index is 0.826. The van der Waals surface area contributed by atoms with Gasteiger partial charge in [-0.25, -0.2) is 0 Å². The largest absolute Gasteiger partial charge is 0.449 e. The number of hydrogen-bond acceptors (Lipinski definition) is 3. The molecular weight excluding hydrogens is 304 g/mol. The van der Waals surface area contributed by atoms with Gasteiger partial charge in [0.2, 0.25) is 0 Å². The van der Waals surface area contributed by atoms with E-state index in [1.165, 1.54) is 5.56 Å². The van der Waals surface area contributed by atoms with Gasteiger partial charge >= 0.3 is 5.25 Å². The van der Waals surface area contributed by atoms with Crippen molar-refractivity contribution >= 4 is 19.7 Å². The predicted octanol–water partition coefficient (Wildman–Crippen LogP) is 4.05. The highest BCUT2D eigenvalue weighted by Gasteiger charge is 2.82. The molecule has 0 aromatic heterocycles. The van der Waals surface area contributed by atoms with Crippen molar-refractivity contribution in [1.82, 2.24) is 0 Å². The van der Waals surface area contributed by atoms with Crippen LogP contribution >= 0.6 is 11.6 Å². The highest BCUT2D eigenvalue weighted by atomic mass is 35.5. The molecule has 114 valence electrons. The number of hydrogen-bond donors (Lipinski definition) is 0. The van der Waals surface area contributed by atoms with Crippen LogP contribution in [-0.4, -0.2) is 26.2 Å². The normalized spacial score (nSPS) is 31.1. The van der Waals surface area contributed by atoms with Crippen molar-refractivity contribution in [3.8, 4) is 0 Å². The standard InChI is InChI=1S/C16H21ClO3Si/c1-18-15-14(21(2,3)4)13(19-16(15,17)20-15)11-10-12-8-6-5-7-9-12/h5-9H,10-11H2,1-4H3. The first-order chi connectivity index (χ1) is 9.82. The number of ether oxygens (including phenoxy) is 3. The van der Waals surface area contributed by atoms with E-state index >= 15 is 0 Å². The zero-order valence-corrected chi connectivity index (χ0v) is 14.7. The quantitative estimate of drug-likeness (QED) is 0.465. The molecule has 0 radical (unpaired) electrons. The average molecular weight is 325 g/mol. The number of allylic oxidation sites excluding steroid dienone is 1. The Bertz CT molecular complexity index is 581. The summed E-state index contributed by atoms with van der Waals surface area (Å²) >= 11 is 6.39. The summed E-state index contributed by atoms with van der Waals surface area (Å²) in [6.07, 6.45) is 1.75. The zero-order valence-electron chi connectivity index (χ0n) is 12.9. The van der Waals surface area contributed by atoms with Crippen molar-refractivity contribution in [2.75, 3.05) is 7.11 Å². The van der Waals surface area contributed by atoms with Gasteiger partial charge in [0.15, 0.2) is 0 Å². The van der Waals surface area contributed by atoms with Crippen molar-refractivity contribution in [2.45, 2.75) is 43.5 Å². The smallest absolute Gasteiger partial charge is 0.354 e. The van der Waals surface area contributed by atoms with Crippen LogP contribution in [0.3, 0.4) is 0 Å². The third kappa shape index (κ3) is 2.34. The first-order valence-electron chi connectivity index (χ1n) is 7.24. The monoisotopic (exact) mass is 324 g/mol. The van der Waals surface area contributed by atoms with E-state index in [9.17, 15) is 0 Å². The Morgan fingerprint density at radius 1 is 1.14 bits per heavy atom. The van der Waals surface area contributed by atoms with Crippen LogP contribution in [0.5, 0.6) is 0 Å². The van der Waals surface area contributed by atoms with Gasteiger partial charge in [0.05, 0.1) is 8.07 Å². The molecule has 21 heavy (non-hydrogen) atoms. The Labute approximate surface area is 131 Å². The highest BCUT2D eigenvalue weighted by molar-refractivity contribution is 6.83. The van der Waals surface area contributed by atoms with Crippen LogP contribution in [-0.2, 0) is 20.6 Å². The van der Waals surface area contributed by atoms with Crippen LogP contribution in [0.25, 0.3) is 0 Å². The Morgan fingerprint density at radius 3 is 2.38 bits per heavy atom. The number of methoxy groups -OCH3 is 1. The van der Waals surface area contributed by atoms with Gasteiger partial charge in [0.25, 0.3) is 5.79 Å². The Kier molecular flexibility index (Phi) is 3.48. The van der Waals surface area contributed by atoms with E-state index in [0.717, 1.165) is 23.8 Å². The van der Waals surface area contributed by atoms with Crippen LogP contribution in [0.4, 0.5) is 0 Å². The molecule has 1 fully saturated rings. The minimum atomic E-state index is -1.67. The fourth-order valence-corrected chi connectivity index (χ4v) is 5.87. The second kappa shape index (κ2) is 4.85. The topological polar surface area (TPSA) is 31.0 Å². The van der Waals surface area contributed by atoms with Crippen molar-refractivity contribution in [3.63, 3.8) is 0 Å².